The number of carbonyl (C=O) groups is 1. The minimum atomic E-state index is -2.39. The fraction of sp³-hybridized carbons (Fsp3) is 0.545. The monoisotopic (exact) mass is 279 g/mol. The van der Waals surface area contributed by atoms with Crippen LogP contribution in [-0.2, 0) is 21.8 Å². The number of thioether (sulfide) groups is 1. The smallest absolute Gasteiger partial charge is 0.306 e. The maximum atomic E-state index is 12.0. The van der Waals surface area contributed by atoms with Gasteiger partial charge in [-0.3, -0.25) is 4.79 Å². The third-order valence-corrected chi connectivity index (χ3v) is 2.80. The van der Waals surface area contributed by atoms with Crippen LogP contribution in [0.5, 0.6) is 0 Å². The number of alkyl halides is 2. The molecule has 0 aromatic carbocycles. The summed E-state index contributed by atoms with van der Waals surface area (Å²) in [6.45, 7) is 0.935. The van der Waals surface area contributed by atoms with Crippen molar-refractivity contribution in [3.05, 3.63) is 23.7 Å². The molecule has 0 fully saturated rings. The van der Waals surface area contributed by atoms with E-state index in [0.717, 1.165) is 0 Å². The molecule has 18 heavy (non-hydrogen) atoms. The van der Waals surface area contributed by atoms with Crippen LogP contribution in [0.25, 0.3) is 0 Å². The number of carbonyl (C=O) groups excluding carboxylic acids is 1. The van der Waals surface area contributed by atoms with Crippen LogP contribution in [0.3, 0.4) is 0 Å². The van der Waals surface area contributed by atoms with Gasteiger partial charge in [0.1, 0.15) is 11.5 Å². The summed E-state index contributed by atoms with van der Waals surface area (Å²) in [6, 6.07) is 3.40. The van der Waals surface area contributed by atoms with Crippen LogP contribution in [0.4, 0.5) is 8.78 Å². The Bertz CT molecular complexity index is 371. The number of hydrogen-bond donors (Lipinski definition) is 1. The van der Waals surface area contributed by atoms with Gasteiger partial charge in [-0.1, -0.05) is 11.8 Å². The number of esters is 1. The summed E-state index contributed by atoms with van der Waals surface area (Å²) in [6.07, 6.45) is 0.283. The first kappa shape index (κ1) is 15.0. The van der Waals surface area contributed by atoms with Crippen molar-refractivity contribution in [3.63, 3.8) is 0 Å². The maximum absolute atomic E-state index is 12.0. The Morgan fingerprint density at radius 1 is 1.50 bits per heavy atom. The molecule has 1 rings (SSSR count). The van der Waals surface area contributed by atoms with E-state index in [2.05, 4.69) is 10.1 Å². The van der Waals surface area contributed by atoms with Gasteiger partial charge >= 0.3 is 5.97 Å². The molecule has 0 amide bonds. The Morgan fingerprint density at radius 3 is 2.89 bits per heavy atom. The lowest BCUT2D eigenvalue weighted by molar-refractivity contribution is -0.140. The first-order valence-electron chi connectivity index (χ1n) is 5.36. The molecule has 0 unspecified atom stereocenters. The van der Waals surface area contributed by atoms with E-state index in [0.29, 0.717) is 36.4 Å². The molecule has 0 bridgehead atoms. The molecule has 102 valence electrons. The minimum Gasteiger partial charge on any atom is -0.469 e. The number of halogens is 2. The highest BCUT2D eigenvalue weighted by molar-refractivity contribution is 7.98. The highest BCUT2D eigenvalue weighted by Gasteiger charge is 2.07. The van der Waals surface area contributed by atoms with Crippen LogP contribution < -0.4 is 5.32 Å². The molecule has 0 spiro atoms. The van der Waals surface area contributed by atoms with Gasteiger partial charge in [-0.25, -0.2) is 0 Å². The van der Waals surface area contributed by atoms with Crippen LogP contribution in [0.15, 0.2) is 16.5 Å². The highest BCUT2D eigenvalue weighted by atomic mass is 32.2. The van der Waals surface area contributed by atoms with E-state index in [1.54, 1.807) is 12.1 Å². The van der Waals surface area contributed by atoms with Gasteiger partial charge in [0.05, 0.1) is 25.8 Å². The van der Waals surface area contributed by atoms with Crippen LogP contribution in [0.1, 0.15) is 17.9 Å². The van der Waals surface area contributed by atoms with E-state index >= 15 is 0 Å². The van der Waals surface area contributed by atoms with Crippen LogP contribution in [0, 0.1) is 0 Å². The number of furan rings is 1. The molecule has 1 aromatic rings. The third-order valence-electron chi connectivity index (χ3n) is 2.10. The largest absolute Gasteiger partial charge is 0.469 e. The number of rotatable bonds is 8. The maximum Gasteiger partial charge on any atom is 0.306 e. The van der Waals surface area contributed by atoms with E-state index in [1.807, 2.05) is 0 Å². The van der Waals surface area contributed by atoms with Gasteiger partial charge in [-0.2, -0.15) is 8.78 Å². The Balaban J connectivity index is 2.20. The molecular formula is C11H15F2NO3S. The lowest BCUT2D eigenvalue weighted by atomic mass is 10.4. The molecule has 0 aliphatic rings. The van der Waals surface area contributed by atoms with E-state index < -0.39 is 5.76 Å². The van der Waals surface area contributed by atoms with Crippen molar-refractivity contribution in [2.45, 2.75) is 24.5 Å². The molecule has 0 saturated heterocycles. The van der Waals surface area contributed by atoms with Crippen molar-refractivity contribution in [3.8, 4) is 0 Å². The second kappa shape index (κ2) is 8.10. The van der Waals surface area contributed by atoms with Gasteiger partial charge in [0.15, 0.2) is 0 Å². The molecule has 0 aliphatic heterocycles. The normalized spacial score (nSPS) is 10.9. The Hall–Kier alpha value is -1.08. The lowest BCUT2D eigenvalue weighted by Gasteiger charge is -2.01. The van der Waals surface area contributed by atoms with Crippen LogP contribution >= 0.6 is 11.8 Å². The number of ether oxygens (including phenoxy) is 1. The van der Waals surface area contributed by atoms with E-state index in [-0.39, 0.29) is 18.1 Å². The average Bonchev–Trinajstić information content (AvgIpc) is 2.79. The molecule has 1 aromatic heterocycles. The zero-order valence-corrected chi connectivity index (χ0v) is 10.8. The number of hydrogen-bond acceptors (Lipinski definition) is 5. The Labute approximate surface area is 108 Å². The van der Waals surface area contributed by atoms with Crippen molar-refractivity contribution >= 4 is 17.7 Å². The zero-order valence-electron chi connectivity index (χ0n) is 9.95. The molecule has 0 atom stereocenters. The predicted molar refractivity (Wildman–Crippen MR) is 64.3 cm³/mol. The van der Waals surface area contributed by atoms with Gasteiger partial charge in [0.25, 0.3) is 5.76 Å². The first-order chi connectivity index (χ1) is 8.61. The Morgan fingerprint density at radius 2 is 2.22 bits per heavy atom. The fourth-order valence-corrected chi connectivity index (χ4v) is 1.69. The lowest BCUT2D eigenvalue weighted by Crippen LogP contribution is -2.18. The average molecular weight is 279 g/mol. The summed E-state index contributed by atoms with van der Waals surface area (Å²) >= 11 is 0.524. The van der Waals surface area contributed by atoms with Crippen LogP contribution in [0.2, 0.25) is 0 Å². The molecule has 0 saturated carbocycles. The Kier molecular flexibility index (Phi) is 6.74. The van der Waals surface area contributed by atoms with Gasteiger partial charge < -0.3 is 14.5 Å². The standard InChI is InChI=1S/C11H15F2NO3S/c1-16-10(15)4-5-14-6-8-2-3-9(17-8)7-18-11(12)13/h2-3,11,14H,4-7H2,1H3. The summed E-state index contributed by atoms with van der Waals surface area (Å²) < 4.78 is 33.7. The summed E-state index contributed by atoms with van der Waals surface area (Å²) in [7, 11) is 1.34. The summed E-state index contributed by atoms with van der Waals surface area (Å²) in [5, 5.41) is 3.00. The van der Waals surface area contributed by atoms with Crippen molar-refractivity contribution in [1.29, 1.82) is 0 Å². The highest BCUT2D eigenvalue weighted by Crippen LogP contribution is 2.21. The number of nitrogens with one attached hydrogen (secondary N) is 1. The van der Waals surface area contributed by atoms with Gasteiger partial charge in [0.2, 0.25) is 0 Å². The summed E-state index contributed by atoms with van der Waals surface area (Å²) in [5.74, 6) is -1.35. The molecular weight excluding hydrogens is 264 g/mol. The molecule has 1 N–H and O–H groups in total. The molecule has 4 nitrogen and oxygen atoms in total. The molecule has 1 heterocycles. The quantitative estimate of drug-likeness (QED) is 0.585. The zero-order chi connectivity index (χ0) is 13.4. The van der Waals surface area contributed by atoms with Crippen LogP contribution in [-0.4, -0.2) is 25.4 Å². The van der Waals surface area contributed by atoms with E-state index in [1.165, 1.54) is 7.11 Å². The van der Waals surface area contributed by atoms with E-state index in [4.69, 9.17) is 4.42 Å². The summed E-state index contributed by atoms with van der Waals surface area (Å²) in [4.78, 5) is 10.8. The predicted octanol–water partition coefficient (Wildman–Crippen LogP) is 2.39. The second-order valence-corrected chi connectivity index (χ2v) is 4.42. The van der Waals surface area contributed by atoms with Gasteiger partial charge in [-0.15, -0.1) is 0 Å². The molecule has 0 radical (unpaired) electrons. The molecule has 7 heteroatoms. The second-order valence-electron chi connectivity index (χ2n) is 3.44. The van der Waals surface area contributed by atoms with E-state index in [9.17, 15) is 13.6 Å². The first-order valence-corrected chi connectivity index (χ1v) is 6.41. The summed E-state index contributed by atoms with van der Waals surface area (Å²) in [5.41, 5.74) is 0. The van der Waals surface area contributed by atoms with Crippen molar-refractivity contribution in [1.82, 2.24) is 5.32 Å². The topological polar surface area (TPSA) is 51.5 Å². The minimum absolute atomic E-state index is 0.153. The van der Waals surface area contributed by atoms with Crippen molar-refractivity contribution < 1.29 is 22.7 Å². The molecule has 0 aliphatic carbocycles. The van der Waals surface area contributed by atoms with Crippen molar-refractivity contribution in [2.24, 2.45) is 0 Å². The fourth-order valence-electron chi connectivity index (χ4n) is 1.24. The number of methoxy groups -OCH3 is 1. The van der Waals surface area contributed by atoms with Crippen molar-refractivity contribution in [2.75, 3.05) is 13.7 Å². The van der Waals surface area contributed by atoms with Gasteiger partial charge in [0, 0.05) is 6.54 Å². The van der Waals surface area contributed by atoms with Gasteiger partial charge in [-0.05, 0) is 12.1 Å². The third kappa shape index (κ3) is 6.02. The SMILES string of the molecule is COC(=O)CCNCc1ccc(CSC(F)F)o1.